The maximum atomic E-state index is 9.16. The molecular formula is C18H26N2O. The van der Waals surface area contributed by atoms with Crippen molar-refractivity contribution in [3.8, 4) is 11.8 Å². The first-order valence-corrected chi connectivity index (χ1v) is 7.96. The van der Waals surface area contributed by atoms with Crippen LogP contribution in [0.1, 0.15) is 50.7 Å². The van der Waals surface area contributed by atoms with Gasteiger partial charge in [0.2, 0.25) is 0 Å². The van der Waals surface area contributed by atoms with Crippen LogP contribution in [0.5, 0.6) is 5.75 Å². The van der Waals surface area contributed by atoms with Crippen LogP contribution in [0, 0.1) is 23.2 Å². The summed E-state index contributed by atoms with van der Waals surface area (Å²) in [5.41, 5.74) is 1.77. The molecular weight excluding hydrogens is 260 g/mol. The maximum Gasteiger partial charge on any atom is 0.136 e. The second-order valence-corrected chi connectivity index (χ2v) is 6.33. The summed E-state index contributed by atoms with van der Waals surface area (Å²) in [4.78, 5) is 0. The summed E-state index contributed by atoms with van der Waals surface area (Å²) in [7, 11) is 1.60. The molecule has 114 valence electrons. The van der Waals surface area contributed by atoms with E-state index >= 15 is 0 Å². The van der Waals surface area contributed by atoms with E-state index in [2.05, 4.69) is 25.2 Å². The summed E-state index contributed by atoms with van der Waals surface area (Å²) >= 11 is 0. The molecule has 0 bridgehead atoms. The number of methoxy groups -OCH3 is 1. The third kappa shape index (κ3) is 3.98. The fourth-order valence-corrected chi connectivity index (χ4v) is 3.41. The van der Waals surface area contributed by atoms with Gasteiger partial charge in [-0.2, -0.15) is 5.26 Å². The molecule has 21 heavy (non-hydrogen) atoms. The zero-order valence-electron chi connectivity index (χ0n) is 13.4. The lowest BCUT2D eigenvalue weighted by atomic mass is 9.78. The van der Waals surface area contributed by atoms with Crippen molar-refractivity contribution in [3.63, 3.8) is 0 Å². The first-order valence-electron chi connectivity index (χ1n) is 7.96. The molecule has 0 heterocycles. The Morgan fingerprint density at radius 3 is 2.76 bits per heavy atom. The molecule has 0 spiro atoms. The van der Waals surface area contributed by atoms with E-state index < -0.39 is 0 Å². The number of nitrogens with zero attached hydrogens (tertiary/aromatic N) is 1. The highest BCUT2D eigenvalue weighted by atomic mass is 16.5. The standard InChI is InChI=1S/C18H26N2O/c1-13(2)16-6-4-5-7-17(16)20-12-14-8-9-18(21-3)15(10-14)11-19/h8-10,13,16-17,20H,4-7,12H2,1-3H3. The van der Waals surface area contributed by atoms with Crippen molar-refractivity contribution in [2.75, 3.05) is 7.11 Å². The van der Waals surface area contributed by atoms with Crippen LogP contribution in [-0.4, -0.2) is 13.2 Å². The van der Waals surface area contributed by atoms with Crippen LogP contribution < -0.4 is 10.1 Å². The Labute approximate surface area is 128 Å². The summed E-state index contributed by atoms with van der Waals surface area (Å²) < 4.78 is 5.19. The summed E-state index contributed by atoms with van der Waals surface area (Å²) in [6, 6.07) is 8.66. The fourth-order valence-electron chi connectivity index (χ4n) is 3.41. The quantitative estimate of drug-likeness (QED) is 0.893. The van der Waals surface area contributed by atoms with E-state index in [0.29, 0.717) is 17.4 Å². The van der Waals surface area contributed by atoms with Gasteiger partial charge in [-0.15, -0.1) is 0 Å². The zero-order chi connectivity index (χ0) is 15.2. The van der Waals surface area contributed by atoms with Gasteiger partial charge in [-0.05, 0) is 42.4 Å². The van der Waals surface area contributed by atoms with Gasteiger partial charge in [0.05, 0.1) is 12.7 Å². The molecule has 1 saturated carbocycles. The summed E-state index contributed by atoms with van der Waals surface area (Å²) in [6.45, 7) is 5.48. The maximum absolute atomic E-state index is 9.16. The van der Waals surface area contributed by atoms with Crippen molar-refractivity contribution in [2.24, 2.45) is 11.8 Å². The van der Waals surface area contributed by atoms with Gasteiger partial charge in [-0.1, -0.05) is 32.8 Å². The van der Waals surface area contributed by atoms with Crippen LogP contribution in [0.25, 0.3) is 0 Å². The lowest BCUT2D eigenvalue weighted by Crippen LogP contribution is -2.40. The molecule has 1 N–H and O–H groups in total. The highest BCUT2D eigenvalue weighted by Crippen LogP contribution is 2.30. The van der Waals surface area contributed by atoms with E-state index in [9.17, 15) is 0 Å². The zero-order valence-corrected chi connectivity index (χ0v) is 13.4. The number of hydrogen-bond acceptors (Lipinski definition) is 3. The van der Waals surface area contributed by atoms with E-state index in [0.717, 1.165) is 23.9 Å². The summed E-state index contributed by atoms with van der Waals surface area (Å²) in [5, 5.41) is 12.9. The molecule has 1 aromatic rings. The van der Waals surface area contributed by atoms with Crippen LogP contribution in [0.4, 0.5) is 0 Å². The monoisotopic (exact) mass is 286 g/mol. The molecule has 2 rings (SSSR count). The summed E-state index contributed by atoms with van der Waals surface area (Å²) in [6.07, 6.45) is 5.29. The Kier molecular flexibility index (Phi) is 5.64. The summed E-state index contributed by atoms with van der Waals surface area (Å²) in [5.74, 6) is 2.15. The first kappa shape index (κ1) is 15.9. The first-order chi connectivity index (χ1) is 10.2. The molecule has 1 aliphatic carbocycles. The van der Waals surface area contributed by atoms with Gasteiger partial charge in [0, 0.05) is 12.6 Å². The van der Waals surface area contributed by atoms with Crippen molar-refractivity contribution < 1.29 is 4.74 Å². The molecule has 2 unspecified atom stereocenters. The second kappa shape index (κ2) is 7.47. The molecule has 0 saturated heterocycles. The number of nitrogens with one attached hydrogen (secondary N) is 1. The normalized spacial score (nSPS) is 22.0. The highest BCUT2D eigenvalue weighted by molar-refractivity contribution is 5.45. The van der Waals surface area contributed by atoms with Gasteiger partial charge >= 0.3 is 0 Å². The Morgan fingerprint density at radius 1 is 1.33 bits per heavy atom. The number of ether oxygens (including phenoxy) is 1. The third-order valence-electron chi connectivity index (χ3n) is 4.63. The van der Waals surface area contributed by atoms with Crippen LogP contribution in [0.3, 0.4) is 0 Å². The fraction of sp³-hybridized carbons (Fsp3) is 0.611. The molecule has 0 aliphatic heterocycles. The predicted molar refractivity (Wildman–Crippen MR) is 85.1 cm³/mol. The van der Waals surface area contributed by atoms with Gasteiger partial charge in [0.1, 0.15) is 11.8 Å². The Hall–Kier alpha value is -1.53. The van der Waals surface area contributed by atoms with Crippen molar-refractivity contribution in [1.82, 2.24) is 5.32 Å². The lowest BCUT2D eigenvalue weighted by Gasteiger charge is -2.35. The minimum atomic E-state index is 0.603. The van der Waals surface area contributed by atoms with Crippen LogP contribution in [0.15, 0.2) is 18.2 Å². The Bertz CT molecular complexity index is 504. The van der Waals surface area contributed by atoms with Gasteiger partial charge in [0.25, 0.3) is 0 Å². The van der Waals surface area contributed by atoms with E-state index in [1.54, 1.807) is 7.11 Å². The lowest BCUT2D eigenvalue weighted by molar-refractivity contribution is 0.204. The van der Waals surface area contributed by atoms with Gasteiger partial charge < -0.3 is 10.1 Å². The second-order valence-electron chi connectivity index (χ2n) is 6.33. The minimum Gasteiger partial charge on any atom is -0.495 e. The van der Waals surface area contributed by atoms with Gasteiger partial charge in [-0.3, -0.25) is 0 Å². The molecule has 2 atom stereocenters. The molecule has 1 aromatic carbocycles. The van der Waals surface area contributed by atoms with Crippen LogP contribution in [0.2, 0.25) is 0 Å². The smallest absolute Gasteiger partial charge is 0.136 e. The Morgan fingerprint density at radius 2 is 2.10 bits per heavy atom. The van der Waals surface area contributed by atoms with Crippen molar-refractivity contribution in [3.05, 3.63) is 29.3 Å². The SMILES string of the molecule is COc1ccc(CNC2CCCCC2C(C)C)cc1C#N. The van der Waals surface area contributed by atoms with E-state index in [1.807, 2.05) is 18.2 Å². The number of rotatable bonds is 5. The van der Waals surface area contributed by atoms with Crippen molar-refractivity contribution in [1.29, 1.82) is 5.26 Å². The average Bonchev–Trinajstić information content (AvgIpc) is 2.52. The van der Waals surface area contributed by atoms with Crippen LogP contribution in [-0.2, 0) is 6.54 Å². The van der Waals surface area contributed by atoms with Crippen molar-refractivity contribution >= 4 is 0 Å². The number of hydrogen-bond donors (Lipinski definition) is 1. The molecule has 0 amide bonds. The van der Waals surface area contributed by atoms with E-state index in [4.69, 9.17) is 10.00 Å². The molecule has 1 fully saturated rings. The highest BCUT2D eigenvalue weighted by Gasteiger charge is 2.26. The van der Waals surface area contributed by atoms with Crippen molar-refractivity contribution in [2.45, 2.75) is 52.1 Å². The van der Waals surface area contributed by atoms with E-state index in [1.165, 1.54) is 25.7 Å². The molecule has 0 radical (unpaired) electrons. The predicted octanol–water partition coefficient (Wildman–Crippen LogP) is 3.87. The Balaban J connectivity index is 2.00. The average molecular weight is 286 g/mol. The molecule has 1 aliphatic rings. The largest absolute Gasteiger partial charge is 0.495 e. The number of nitriles is 1. The number of benzene rings is 1. The van der Waals surface area contributed by atoms with E-state index in [-0.39, 0.29) is 0 Å². The molecule has 0 aromatic heterocycles. The minimum absolute atomic E-state index is 0.603. The topological polar surface area (TPSA) is 45.0 Å². The van der Waals surface area contributed by atoms with Gasteiger partial charge in [0.15, 0.2) is 0 Å². The van der Waals surface area contributed by atoms with Crippen LogP contribution >= 0.6 is 0 Å². The molecule has 3 heteroatoms. The van der Waals surface area contributed by atoms with Gasteiger partial charge in [-0.25, -0.2) is 0 Å². The molecule has 3 nitrogen and oxygen atoms in total. The third-order valence-corrected chi connectivity index (χ3v) is 4.63.